The topological polar surface area (TPSA) is 48.7 Å². The van der Waals surface area contributed by atoms with Crippen LogP contribution >= 0.6 is 11.3 Å². The summed E-state index contributed by atoms with van der Waals surface area (Å²) in [5.41, 5.74) is 1.40. The van der Waals surface area contributed by atoms with Gasteiger partial charge in [-0.15, -0.1) is 11.3 Å². The van der Waals surface area contributed by atoms with Gasteiger partial charge in [0.2, 0.25) is 0 Å². The predicted molar refractivity (Wildman–Crippen MR) is 74.8 cm³/mol. The first-order valence-corrected chi connectivity index (χ1v) is 6.67. The molecule has 0 radical (unpaired) electrons. The molecule has 0 aromatic carbocycles. The lowest BCUT2D eigenvalue weighted by Gasteiger charge is -2.13. The zero-order valence-electron chi connectivity index (χ0n) is 10.5. The van der Waals surface area contributed by atoms with Gasteiger partial charge in [-0.2, -0.15) is 5.26 Å². The van der Waals surface area contributed by atoms with E-state index in [2.05, 4.69) is 36.3 Å². The number of nitrogens with zero attached hydrogens (tertiary/aromatic N) is 2. The first-order chi connectivity index (χ1) is 8.67. The average Bonchev–Trinajstić information content (AvgIpc) is 2.75. The van der Waals surface area contributed by atoms with Crippen LogP contribution in [0.2, 0.25) is 0 Å². The Balaban J connectivity index is 1.94. The molecule has 2 heterocycles. The SMILES string of the molecule is Cc1ccc(CC(C)Nc2ccc(C#N)nc2)s1. The van der Waals surface area contributed by atoms with Gasteiger partial charge in [-0.3, -0.25) is 0 Å². The molecule has 0 aliphatic rings. The smallest absolute Gasteiger partial charge is 0.140 e. The normalized spacial score (nSPS) is 11.8. The lowest BCUT2D eigenvalue weighted by molar-refractivity contribution is 0.799. The molecular formula is C14H15N3S. The summed E-state index contributed by atoms with van der Waals surface area (Å²) < 4.78 is 0. The van der Waals surface area contributed by atoms with Crippen LogP contribution < -0.4 is 5.32 Å². The van der Waals surface area contributed by atoms with Gasteiger partial charge < -0.3 is 5.32 Å². The Kier molecular flexibility index (Phi) is 3.96. The van der Waals surface area contributed by atoms with Gasteiger partial charge in [-0.05, 0) is 38.1 Å². The maximum atomic E-state index is 8.68. The summed E-state index contributed by atoms with van der Waals surface area (Å²) in [7, 11) is 0. The van der Waals surface area contributed by atoms with Crippen molar-refractivity contribution in [3.8, 4) is 6.07 Å². The van der Waals surface area contributed by atoms with E-state index in [1.807, 2.05) is 23.5 Å². The molecule has 1 unspecified atom stereocenters. The third-order valence-corrected chi connectivity index (χ3v) is 3.62. The van der Waals surface area contributed by atoms with Crippen molar-refractivity contribution in [2.75, 3.05) is 5.32 Å². The number of nitrogens with one attached hydrogen (secondary N) is 1. The molecule has 4 heteroatoms. The van der Waals surface area contributed by atoms with Crippen LogP contribution in [0.1, 0.15) is 22.4 Å². The highest BCUT2D eigenvalue weighted by Crippen LogP contribution is 2.18. The highest BCUT2D eigenvalue weighted by molar-refractivity contribution is 7.11. The standard InChI is InChI=1S/C14H15N3S/c1-10(7-14-6-3-11(2)18-14)17-13-5-4-12(8-15)16-9-13/h3-6,9-10,17H,7H2,1-2H3. The second-order valence-corrected chi connectivity index (χ2v) is 5.68. The van der Waals surface area contributed by atoms with E-state index < -0.39 is 0 Å². The number of anilines is 1. The summed E-state index contributed by atoms with van der Waals surface area (Å²) in [6.45, 7) is 4.27. The molecule has 1 atom stereocenters. The van der Waals surface area contributed by atoms with Crippen LogP contribution in [0.4, 0.5) is 5.69 Å². The minimum Gasteiger partial charge on any atom is -0.381 e. The fourth-order valence-corrected chi connectivity index (χ4v) is 2.80. The number of rotatable bonds is 4. The monoisotopic (exact) mass is 257 g/mol. The van der Waals surface area contributed by atoms with Crippen LogP contribution in [-0.4, -0.2) is 11.0 Å². The summed E-state index contributed by atoms with van der Waals surface area (Å²) in [6, 6.07) is 10.3. The van der Waals surface area contributed by atoms with Crippen LogP contribution in [0.25, 0.3) is 0 Å². The molecule has 2 aromatic rings. The number of aromatic nitrogens is 1. The molecule has 0 fully saturated rings. The molecule has 0 aliphatic heterocycles. The van der Waals surface area contributed by atoms with Crippen LogP contribution in [-0.2, 0) is 6.42 Å². The Labute approximate surface area is 111 Å². The number of pyridine rings is 1. The van der Waals surface area contributed by atoms with Gasteiger partial charge in [-0.25, -0.2) is 4.98 Å². The largest absolute Gasteiger partial charge is 0.381 e. The van der Waals surface area contributed by atoms with Crippen LogP contribution in [0.5, 0.6) is 0 Å². The van der Waals surface area contributed by atoms with Gasteiger partial charge in [-0.1, -0.05) is 0 Å². The zero-order chi connectivity index (χ0) is 13.0. The zero-order valence-corrected chi connectivity index (χ0v) is 11.3. The first-order valence-electron chi connectivity index (χ1n) is 5.85. The molecular weight excluding hydrogens is 242 g/mol. The minimum absolute atomic E-state index is 0.345. The molecule has 0 saturated carbocycles. The predicted octanol–water partition coefficient (Wildman–Crippen LogP) is 3.37. The van der Waals surface area contributed by atoms with E-state index in [0.29, 0.717) is 11.7 Å². The maximum Gasteiger partial charge on any atom is 0.140 e. The van der Waals surface area contributed by atoms with Gasteiger partial charge in [0.15, 0.2) is 0 Å². The van der Waals surface area contributed by atoms with Crippen molar-refractivity contribution in [2.45, 2.75) is 26.3 Å². The van der Waals surface area contributed by atoms with Crippen LogP contribution in [0.15, 0.2) is 30.5 Å². The van der Waals surface area contributed by atoms with Crippen molar-refractivity contribution >= 4 is 17.0 Å². The molecule has 0 bridgehead atoms. The average molecular weight is 257 g/mol. The fourth-order valence-electron chi connectivity index (χ4n) is 1.78. The summed E-state index contributed by atoms with van der Waals surface area (Å²) in [5, 5.41) is 12.1. The highest BCUT2D eigenvalue weighted by Gasteiger charge is 2.05. The van der Waals surface area contributed by atoms with Gasteiger partial charge >= 0.3 is 0 Å². The second kappa shape index (κ2) is 5.65. The summed E-state index contributed by atoms with van der Waals surface area (Å²) in [5.74, 6) is 0. The third-order valence-electron chi connectivity index (χ3n) is 2.59. The second-order valence-electron chi connectivity index (χ2n) is 4.31. The van der Waals surface area contributed by atoms with Gasteiger partial charge in [0.05, 0.1) is 11.9 Å². The molecule has 0 amide bonds. The van der Waals surface area contributed by atoms with E-state index >= 15 is 0 Å². The summed E-state index contributed by atoms with van der Waals surface area (Å²) in [6.07, 6.45) is 2.70. The molecule has 3 nitrogen and oxygen atoms in total. The van der Waals surface area contributed by atoms with Crippen molar-refractivity contribution in [3.05, 3.63) is 45.9 Å². The molecule has 18 heavy (non-hydrogen) atoms. The van der Waals surface area contributed by atoms with Crippen molar-refractivity contribution in [1.29, 1.82) is 5.26 Å². The molecule has 0 aliphatic carbocycles. The fraction of sp³-hybridized carbons (Fsp3) is 0.286. The van der Waals surface area contributed by atoms with Crippen molar-refractivity contribution in [2.24, 2.45) is 0 Å². The Morgan fingerprint density at radius 3 is 2.78 bits per heavy atom. The first kappa shape index (κ1) is 12.6. The highest BCUT2D eigenvalue weighted by atomic mass is 32.1. The van der Waals surface area contributed by atoms with E-state index in [-0.39, 0.29) is 0 Å². The Bertz CT molecular complexity index is 551. The molecule has 0 saturated heterocycles. The van der Waals surface area contributed by atoms with E-state index in [9.17, 15) is 0 Å². The molecule has 2 aromatic heterocycles. The van der Waals surface area contributed by atoms with E-state index in [1.165, 1.54) is 9.75 Å². The Morgan fingerprint density at radius 1 is 1.39 bits per heavy atom. The van der Waals surface area contributed by atoms with Gasteiger partial charge in [0.25, 0.3) is 0 Å². The minimum atomic E-state index is 0.345. The number of aryl methyl sites for hydroxylation is 1. The summed E-state index contributed by atoms with van der Waals surface area (Å²) >= 11 is 1.83. The number of hydrogen-bond acceptors (Lipinski definition) is 4. The summed E-state index contributed by atoms with van der Waals surface area (Å²) in [4.78, 5) is 6.77. The van der Waals surface area contributed by atoms with E-state index in [1.54, 1.807) is 12.3 Å². The molecule has 2 rings (SSSR count). The number of nitriles is 1. The Hall–Kier alpha value is -1.86. The van der Waals surface area contributed by atoms with Gasteiger partial charge in [0, 0.05) is 22.2 Å². The third kappa shape index (κ3) is 3.31. The lowest BCUT2D eigenvalue weighted by Crippen LogP contribution is -2.17. The van der Waals surface area contributed by atoms with Gasteiger partial charge in [0.1, 0.15) is 11.8 Å². The quantitative estimate of drug-likeness (QED) is 0.913. The van der Waals surface area contributed by atoms with Crippen LogP contribution in [0, 0.1) is 18.3 Å². The molecule has 0 spiro atoms. The maximum absolute atomic E-state index is 8.68. The number of thiophene rings is 1. The Morgan fingerprint density at radius 2 is 2.22 bits per heavy atom. The van der Waals surface area contributed by atoms with E-state index in [0.717, 1.165) is 12.1 Å². The lowest BCUT2D eigenvalue weighted by atomic mass is 10.2. The molecule has 1 N–H and O–H groups in total. The molecule has 92 valence electrons. The van der Waals surface area contributed by atoms with Crippen molar-refractivity contribution < 1.29 is 0 Å². The van der Waals surface area contributed by atoms with Crippen molar-refractivity contribution in [1.82, 2.24) is 4.98 Å². The van der Waals surface area contributed by atoms with Crippen LogP contribution in [0.3, 0.4) is 0 Å². The van der Waals surface area contributed by atoms with Crippen molar-refractivity contribution in [3.63, 3.8) is 0 Å². The van der Waals surface area contributed by atoms with E-state index in [4.69, 9.17) is 5.26 Å². The number of hydrogen-bond donors (Lipinski definition) is 1.